The van der Waals surface area contributed by atoms with Gasteiger partial charge in [0, 0.05) is 38.2 Å². The molecule has 1 atom stereocenters. The average molecular weight is 392 g/mol. The molecule has 9 heteroatoms. The minimum Gasteiger partial charge on any atom is -0.366 e. The van der Waals surface area contributed by atoms with E-state index in [4.69, 9.17) is 0 Å². The van der Waals surface area contributed by atoms with E-state index in [-0.39, 0.29) is 18.2 Å². The van der Waals surface area contributed by atoms with Crippen LogP contribution in [0.25, 0.3) is 0 Å². The number of carbonyl (C=O) groups excluding carboxylic acids is 3. The van der Waals surface area contributed by atoms with Gasteiger partial charge < -0.3 is 15.1 Å². The Hall–Kier alpha value is -3.49. The van der Waals surface area contributed by atoms with Crippen molar-refractivity contribution in [3.05, 3.63) is 47.4 Å². The Morgan fingerprint density at radius 1 is 1.21 bits per heavy atom. The van der Waals surface area contributed by atoms with Crippen molar-refractivity contribution in [3.63, 3.8) is 0 Å². The molecule has 1 fully saturated rings. The summed E-state index contributed by atoms with van der Waals surface area (Å²) in [5.41, 5.74) is 3.55. The number of benzene rings is 1. The maximum Gasteiger partial charge on any atom is 0.255 e. The Bertz CT molecular complexity index is 1020. The van der Waals surface area contributed by atoms with Gasteiger partial charge in [-0.05, 0) is 23.6 Å². The molecule has 1 unspecified atom stereocenters. The van der Waals surface area contributed by atoms with Crippen LogP contribution in [0.3, 0.4) is 0 Å². The second-order valence-electron chi connectivity index (χ2n) is 7.45. The predicted molar refractivity (Wildman–Crippen MR) is 104 cm³/mol. The predicted octanol–water partition coefficient (Wildman–Crippen LogP) is 0.670. The van der Waals surface area contributed by atoms with Gasteiger partial charge in [-0.15, -0.1) is 0 Å². The highest BCUT2D eigenvalue weighted by atomic mass is 16.2. The lowest BCUT2D eigenvalue weighted by Crippen LogP contribution is -2.52. The molecule has 4 heterocycles. The number of rotatable bonds is 3. The van der Waals surface area contributed by atoms with Crippen molar-refractivity contribution in [3.8, 4) is 0 Å². The van der Waals surface area contributed by atoms with Crippen molar-refractivity contribution in [1.82, 2.24) is 20.2 Å². The first kappa shape index (κ1) is 17.6. The summed E-state index contributed by atoms with van der Waals surface area (Å²) in [5, 5.41) is 5.61. The maximum atomic E-state index is 13.0. The van der Waals surface area contributed by atoms with Crippen molar-refractivity contribution in [1.29, 1.82) is 0 Å². The normalized spacial score (nSPS) is 20.8. The Balaban J connectivity index is 1.42. The van der Waals surface area contributed by atoms with Crippen molar-refractivity contribution in [2.45, 2.75) is 32.0 Å². The van der Waals surface area contributed by atoms with Gasteiger partial charge in [0.15, 0.2) is 5.82 Å². The number of fused-ring (bicyclic) bond motifs is 2. The SMILES string of the molecule is O=C1CCC(N2Cc3c(CN4CCNc5ncncc54)cccc3C2=O)C(=O)N1. The minimum atomic E-state index is -0.603. The summed E-state index contributed by atoms with van der Waals surface area (Å²) in [6, 6.07) is 5.10. The lowest BCUT2D eigenvalue weighted by atomic mass is 10.0. The summed E-state index contributed by atoms with van der Waals surface area (Å²) in [6.07, 6.45) is 3.92. The lowest BCUT2D eigenvalue weighted by molar-refractivity contribution is -0.136. The van der Waals surface area contributed by atoms with Crippen LogP contribution in [0.4, 0.5) is 11.5 Å². The molecule has 5 rings (SSSR count). The molecule has 3 amide bonds. The number of amides is 3. The topological polar surface area (TPSA) is 108 Å². The van der Waals surface area contributed by atoms with Gasteiger partial charge >= 0.3 is 0 Å². The molecule has 1 saturated heterocycles. The first-order valence-corrected chi connectivity index (χ1v) is 9.66. The summed E-state index contributed by atoms with van der Waals surface area (Å²) in [5.74, 6) is -0.0201. The molecule has 0 radical (unpaired) electrons. The Morgan fingerprint density at radius 3 is 2.97 bits per heavy atom. The van der Waals surface area contributed by atoms with Gasteiger partial charge in [0.1, 0.15) is 12.4 Å². The van der Waals surface area contributed by atoms with E-state index in [0.717, 1.165) is 35.7 Å². The first-order valence-electron chi connectivity index (χ1n) is 9.66. The molecule has 1 aromatic carbocycles. The second-order valence-corrected chi connectivity index (χ2v) is 7.45. The van der Waals surface area contributed by atoms with Crippen LogP contribution >= 0.6 is 0 Å². The third-order valence-corrected chi connectivity index (χ3v) is 5.75. The van der Waals surface area contributed by atoms with Crippen LogP contribution in [-0.2, 0) is 22.7 Å². The van der Waals surface area contributed by atoms with Crippen LogP contribution in [0.5, 0.6) is 0 Å². The van der Waals surface area contributed by atoms with Crippen LogP contribution in [0, 0.1) is 0 Å². The van der Waals surface area contributed by atoms with Gasteiger partial charge in [-0.3, -0.25) is 19.7 Å². The Kier molecular flexibility index (Phi) is 4.15. The van der Waals surface area contributed by atoms with E-state index in [0.29, 0.717) is 25.1 Å². The van der Waals surface area contributed by atoms with E-state index in [1.165, 1.54) is 6.33 Å². The number of piperidine rings is 1. The summed E-state index contributed by atoms with van der Waals surface area (Å²) >= 11 is 0. The number of nitrogens with one attached hydrogen (secondary N) is 2. The largest absolute Gasteiger partial charge is 0.366 e. The number of anilines is 2. The summed E-state index contributed by atoms with van der Waals surface area (Å²) in [7, 11) is 0. The molecule has 29 heavy (non-hydrogen) atoms. The highest BCUT2D eigenvalue weighted by molar-refractivity contribution is 6.05. The average Bonchev–Trinajstić information content (AvgIpc) is 3.06. The molecular formula is C20H20N6O3. The van der Waals surface area contributed by atoms with Crippen molar-refractivity contribution >= 4 is 29.2 Å². The number of hydrogen-bond donors (Lipinski definition) is 2. The zero-order valence-corrected chi connectivity index (χ0v) is 15.7. The first-order chi connectivity index (χ1) is 14.1. The molecule has 0 aliphatic carbocycles. The van der Waals surface area contributed by atoms with E-state index >= 15 is 0 Å². The van der Waals surface area contributed by atoms with Crippen LogP contribution in [-0.4, -0.2) is 51.7 Å². The fourth-order valence-corrected chi connectivity index (χ4v) is 4.29. The van der Waals surface area contributed by atoms with Gasteiger partial charge in [0.2, 0.25) is 11.8 Å². The summed E-state index contributed by atoms with van der Waals surface area (Å²) in [4.78, 5) is 48.9. The van der Waals surface area contributed by atoms with E-state index in [2.05, 4.69) is 25.5 Å². The van der Waals surface area contributed by atoms with E-state index in [1.807, 2.05) is 18.2 Å². The molecule has 9 nitrogen and oxygen atoms in total. The van der Waals surface area contributed by atoms with Gasteiger partial charge in [-0.2, -0.15) is 0 Å². The quantitative estimate of drug-likeness (QED) is 0.739. The van der Waals surface area contributed by atoms with E-state index in [9.17, 15) is 14.4 Å². The molecular weight excluding hydrogens is 372 g/mol. The van der Waals surface area contributed by atoms with E-state index in [1.54, 1.807) is 11.1 Å². The zero-order chi connectivity index (χ0) is 20.0. The fourth-order valence-electron chi connectivity index (χ4n) is 4.29. The molecule has 0 saturated carbocycles. The van der Waals surface area contributed by atoms with Gasteiger partial charge in [0.25, 0.3) is 5.91 Å². The number of imide groups is 1. The molecule has 3 aliphatic rings. The molecule has 0 spiro atoms. The third kappa shape index (κ3) is 2.98. The van der Waals surface area contributed by atoms with Crippen LogP contribution in [0.1, 0.15) is 34.3 Å². The highest BCUT2D eigenvalue weighted by Crippen LogP contribution is 2.32. The van der Waals surface area contributed by atoms with Crippen molar-refractivity contribution in [2.75, 3.05) is 23.3 Å². The number of aromatic nitrogens is 2. The number of nitrogens with zero attached hydrogens (tertiary/aromatic N) is 4. The molecule has 1 aromatic heterocycles. The van der Waals surface area contributed by atoms with Gasteiger partial charge in [0.05, 0.1) is 11.9 Å². The van der Waals surface area contributed by atoms with E-state index < -0.39 is 11.9 Å². The standard InChI is InChI=1S/C20H20N6O3/c27-17-5-4-15(19(28)24-17)26-10-14-12(2-1-3-13(14)20(26)29)9-25-7-6-22-18-16(25)8-21-11-23-18/h1-3,8,11,15H,4-7,9-10H2,(H,21,22,23)(H,24,27,28). The molecule has 3 aliphatic heterocycles. The van der Waals surface area contributed by atoms with Crippen LogP contribution in [0.15, 0.2) is 30.7 Å². The number of carbonyl (C=O) groups is 3. The van der Waals surface area contributed by atoms with Crippen LogP contribution in [0.2, 0.25) is 0 Å². The van der Waals surface area contributed by atoms with Crippen molar-refractivity contribution < 1.29 is 14.4 Å². The Morgan fingerprint density at radius 2 is 2.10 bits per heavy atom. The van der Waals surface area contributed by atoms with Gasteiger partial charge in [-0.25, -0.2) is 9.97 Å². The van der Waals surface area contributed by atoms with Crippen LogP contribution < -0.4 is 15.5 Å². The molecule has 0 bridgehead atoms. The smallest absolute Gasteiger partial charge is 0.255 e. The summed E-state index contributed by atoms with van der Waals surface area (Å²) in [6.45, 7) is 2.58. The molecule has 148 valence electrons. The summed E-state index contributed by atoms with van der Waals surface area (Å²) < 4.78 is 0. The van der Waals surface area contributed by atoms with Crippen molar-refractivity contribution in [2.24, 2.45) is 0 Å². The fraction of sp³-hybridized carbons (Fsp3) is 0.350. The lowest BCUT2D eigenvalue weighted by Gasteiger charge is -2.31. The number of hydrogen-bond acceptors (Lipinski definition) is 7. The maximum absolute atomic E-state index is 13.0. The second kappa shape index (κ2) is 6.84. The highest BCUT2D eigenvalue weighted by Gasteiger charge is 2.39. The molecule has 2 N–H and O–H groups in total. The minimum absolute atomic E-state index is 0.152. The van der Waals surface area contributed by atoms with Gasteiger partial charge in [-0.1, -0.05) is 12.1 Å². The molecule has 2 aromatic rings. The monoisotopic (exact) mass is 392 g/mol. The zero-order valence-electron chi connectivity index (χ0n) is 15.7. The third-order valence-electron chi connectivity index (χ3n) is 5.75. The Labute approximate surface area is 167 Å².